The molecule has 4 heteroatoms. The molecule has 0 N–H and O–H groups in total. The highest BCUT2D eigenvalue weighted by Gasteiger charge is 2.54. The van der Waals surface area contributed by atoms with Gasteiger partial charge in [-0.15, -0.1) is 0 Å². The van der Waals surface area contributed by atoms with Crippen molar-refractivity contribution in [2.75, 3.05) is 0 Å². The van der Waals surface area contributed by atoms with Crippen LogP contribution in [0.4, 0.5) is 0 Å². The van der Waals surface area contributed by atoms with Crippen molar-refractivity contribution in [1.82, 2.24) is 19.5 Å². The number of rotatable bonds is 2. The predicted molar refractivity (Wildman–Crippen MR) is 176 cm³/mol. The van der Waals surface area contributed by atoms with Gasteiger partial charge >= 0.3 is 0 Å². The summed E-state index contributed by atoms with van der Waals surface area (Å²) in [6.07, 6.45) is 0. The van der Waals surface area contributed by atoms with Gasteiger partial charge in [0.1, 0.15) is 11.2 Å². The van der Waals surface area contributed by atoms with Gasteiger partial charge in [0.05, 0.1) is 27.9 Å². The summed E-state index contributed by atoms with van der Waals surface area (Å²) in [5, 5.41) is 1.05. The number of aromatic nitrogens is 4. The molecule has 2 aromatic heterocycles. The van der Waals surface area contributed by atoms with Crippen LogP contribution in [0.25, 0.3) is 61.4 Å². The standard InChI is InChI=1S/C40H24N4/c1-2-12-25(13-3-1)37-29-15-5-8-18-33(29)41-38(43-37)26-22-23-28-27-14-4-6-16-30(27)40(32(28)24-26)31-17-7-10-20-35(31)44-36-21-11-9-19-34(36)42-39(40)44/h1-24H. The van der Waals surface area contributed by atoms with Gasteiger partial charge in [0.15, 0.2) is 5.82 Å². The molecule has 0 saturated carbocycles. The molecule has 6 aromatic carbocycles. The molecule has 2 aliphatic rings. The average Bonchev–Trinajstić information content (AvgIpc) is 3.71. The molecule has 1 spiro atoms. The molecule has 3 heterocycles. The molecule has 8 aromatic rings. The van der Waals surface area contributed by atoms with E-state index in [4.69, 9.17) is 15.0 Å². The van der Waals surface area contributed by atoms with Crippen molar-refractivity contribution >= 4 is 21.9 Å². The fraction of sp³-hybridized carbons (Fsp3) is 0.0250. The van der Waals surface area contributed by atoms with E-state index in [1.807, 2.05) is 12.1 Å². The zero-order valence-electron chi connectivity index (χ0n) is 23.6. The lowest BCUT2D eigenvalue weighted by Gasteiger charge is -2.27. The fourth-order valence-corrected chi connectivity index (χ4v) is 7.60. The second kappa shape index (κ2) is 8.59. The normalized spacial score (nSPS) is 15.8. The summed E-state index contributed by atoms with van der Waals surface area (Å²) >= 11 is 0. The van der Waals surface area contributed by atoms with Gasteiger partial charge in [-0.05, 0) is 58.1 Å². The maximum absolute atomic E-state index is 5.37. The topological polar surface area (TPSA) is 43.6 Å². The number of nitrogens with zero attached hydrogens (tertiary/aromatic N) is 4. The van der Waals surface area contributed by atoms with Crippen LogP contribution in [0.3, 0.4) is 0 Å². The van der Waals surface area contributed by atoms with Gasteiger partial charge < -0.3 is 0 Å². The highest BCUT2D eigenvalue weighted by molar-refractivity contribution is 5.95. The van der Waals surface area contributed by atoms with Crippen LogP contribution in [-0.4, -0.2) is 19.5 Å². The van der Waals surface area contributed by atoms with Crippen molar-refractivity contribution in [2.24, 2.45) is 0 Å². The SMILES string of the molecule is c1ccc(-c2nc(-c3ccc4c(c3)C3(c5ccccc5-4)c4ccccc4-n4c3nc3ccccc34)nc3ccccc23)cc1. The number of fused-ring (bicyclic) bond motifs is 13. The van der Waals surface area contributed by atoms with Crippen LogP contribution in [0.2, 0.25) is 0 Å². The first kappa shape index (κ1) is 23.7. The van der Waals surface area contributed by atoms with E-state index in [-0.39, 0.29) is 0 Å². The van der Waals surface area contributed by atoms with E-state index in [1.165, 1.54) is 33.5 Å². The number of imidazole rings is 1. The number of hydrogen-bond acceptors (Lipinski definition) is 3. The highest BCUT2D eigenvalue weighted by atomic mass is 15.1. The molecule has 1 aliphatic carbocycles. The zero-order valence-corrected chi connectivity index (χ0v) is 23.6. The molecule has 0 radical (unpaired) electrons. The summed E-state index contributed by atoms with van der Waals surface area (Å²) in [6, 6.07) is 51.5. The Hall–Kier alpha value is -5.87. The van der Waals surface area contributed by atoms with Crippen molar-refractivity contribution in [3.8, 4) is 39.5 Å². The van der Waals surface area contributed by atoms with E-state index in [0.29, 0.717) is 0 Å². The minimum absolute atomic E-state index is 0.559. The Morgan fingerprint density at radius 2 is 1.18 bits per heavy atom. The Bertz CT molecular complexity index is 2460. The van der Waals surface area contributed by atoms with Gasteiger partial charge in [-0.25, -0.2) is 15.0 Å². The largest absolute Gasteiger partial charge is 0.295 e. The summed E-state index contributed by atoms with van der Waals surface area (Å²) in [4.78, 5) is 15.7. The minimum Gasteiger partial charge on any atom is -0.295 e. The first-order valence-electron chi connectivity index (χ1n) is 15.0. The summed E-state index contributed by atoms with van der Waals surface area (Å²) in [5.74, 6) is 1.75. The van der Waals surface area contributed by atoms with Gasteiger partial charge in [0.2, 0.25) is 0 Å². The van der Waals surface area contributed by atoms with Crippen LogP contribution in [0, 0.1) is 0 Å². The van der Waals surface area contributed by atoms with Gasteiger partial charge in [-0.3, -0.25) is 4.57 Å². The van der Waals surface area contributed by atoms with Crippen LogP contribution in [0.1, 0.15) is 22.5 Å². The maximum Gasteiger partial charge on any atom is 0.160 e. The summed E-state index contributed by atoms with van der Waals surface area (Å²) < 4.78 is 2.36. The lowest BCUT2D eigenvalue weighted by molar-refractivity contribution is 0.738. The maximum atomic E-state index is 5.37. The van der Waals surface area contributed by atoms with Crippen molar-refractivity contribution in [2.45, 2.75) is 5.41 Å². The van der Waals surface area contributed by atoms with Gasteiger partial charge in [-0.1, -0.05) is 115 Å². The van der Waals surface area contributed by atoms with Crippen LogP contribution in [0.5, 0.6) is 0 Å². The second-order valence-corrected chi connectivity index (χ2v) is 11.6. The number of hydrogen-bond donors (Lipinski definition) is 0. The Labute approximate surface area is 254 Å². The number of para-hydroxylation sites is 4. The molecule has 10 rings (SSSR count). The Morgan fingerprint density at radius 1 is 0.477 bits per heavy atom. The van der Waals surface area contributed by atoms with E-state index in [0.717, 1.165) is 50.4 Å². The highest BCUT2D eigenvalue weighted by Crippen LogP contribution is 2.60. The third-order valence-corrected chi connectivity index (χ3v) is 9.40. The van der Waals surface area contributed by atoms with E-state index >= 15 is 0 Å². The van der Waals surface area contributed by atoms with Crippen molar-refractivity contribution in [1.29, 1.82) is 0 Å². The fourth-order valence-electron chi connectivity index (χ4n) is 7.60. The van der Waals surface area contributed by atoms with Crippen molar-refractivity contribution in [3.05, 3.63) is 168 Å². The first-order valence-corrected chi connectivity index (χ1v) is 15.0. The molecule has 0 saturated heterocycles. The lowest BCUT2D eigenvalue weighted by Crippen LogP contribution is -2.27. The quantitative estimate of drug-likeness (QED) is 0.212. The summed E-state index contributed by atoms with van der Waals surface area (Å²) in [7, 11) is 0. The van der Waals surface area contributed by atoms with Crippen LogP contribution in [-0.2, 0) is 5.41 Å². The molecule has 0 bridgehead atoms. The molecule has 1 aliphatic heterocycles. The van der Waals surface area contributed by atoms with Gasteiger partial charge in [-0.2, -0.15) is 0 Å². The van der Waals surface area contributed by atoms with Crippen LogP contribution >= 0.6 is 0 Å². The predicted octanol–water partition coefficient (Wildman–Crippen LogP) is 8.98. The van der Waals surface area contributed by atoms with Gasteiger partial charge in [0, 0.05) is 16.5 Å². The van der Waals surface area contributed by atoms with E-state index in [9.17, 15) is 0 Å². The van der Waals surface area contributed by atoms with E-state index in [2.05, 4.69) is 138 Å². The molecule has 44 heavy (non-hydrogen) atoms. The lowest BCUT2D eigenvalue weighted by atomic mass is 9.72. The minimum atomic E-state index is -0.559. The summed E-state index contributed by atoms with van der Waals surface area (Å²) in [5.41, 5.74) is 12.9. The first-order chi connectivity index (χ1) is 21.8. The van der Waals surface area contributed by atoms with E-state index < -0.39 is 5.41 Å². The Kier molecular flexibility index (Phi) is 4.62. The van der Waals surface area contributed by atoms with Crippen molar-refractivity contribution < 1.29 is 0 Å². The average molecular weight is 561 g/mol. The third kappa shape index (κ3) is 2.94. The molecule has 0 amide bonds. The third-order valence-electron chi connectivity index (χ3n) is 9.40. The molecular weight excluding hydrogens is 536 g/mol. The summed E-state index contributed by atoms with van der Waals surface area (Å²) in [6.45, 7) is 0. The van der Waals surface area contributed by atoms with Crippen LogP contribution in [0.15, 0.2) is 146 Å². The Morgan fingerprint density at radius 3 is 2.09 bits per heavy atom. The monoisotopic (exact) mass is 560 g/mol. The molecule has 4 nitrogen and oxygen atoms in total. The number of benzene rings is 6. The molecule has 204 valence electrons. The zero-order chi connectivity index (χ0) is 28.8. The molecular formula is C40H24N4. The molecule has 1 unspecified atom stereocenters. The van der Waals surface area contributed by atoms with E-state index in [1.54, 1.807) is 0 Å². The Balaban J connectivity index is 1.29. The molecule has 1 atom stereocenters. The smallest absolute Gasteiger partial charge is 0.160 e. The van der Waals surface area contributed by atoms with Crippen LogP contribution < -0.4 is 0 Å². The molecule has 0 fully saturated rings. The van der Waals surface area contributed by atoms with Crippen molar-refractivity contribution in [3.63, 3.8) is 0 Å². The second-order valence-electron chi connectivity index (χ2n) is 11.6. The van der Waals surface area contributed by atoms with Gasteiger partial charge in [0.25, 0.3) is 0 Å².